The van der Waals surface area contributed by atoms with Crippen molar-refractivity contribution in [3.8, 4) is 5.69 Å². The minimum Gasteiger partial charge on any atom is -0.507 e. The monoisotopic (exact) mass is 671 g/mol. The summed E-state index contributed by atoms with van der Waals surface area (Å²) >= 11 is 0. The fourth-order valence-electron chi connectivity index (χ4n) is 5.65. The van der Waals surface area contributed by atoms with Gasteiger partial charge in [0.2, 0.25) is 5.78 Å². The van der Waals surface area contributed by atoms with Crippen LogP contribution in [-0.2, 0) is 22.6 Å². The Labute approximate surface area is 277 Å². The van der Waals surface area contributed by atoms with Gasteiger partial charge in [-0.2, -0.15) is 5.10 Å². The van der Waals surface area contributed by atoms with E-state index in [2.05, 4.69) is 10.00 Å². The number of pyridine rings is 1. The molecule has 0 atom stereocenters. The Morgan fingerprint density at radius 2 is 1.53 bits per heavy atom. The quantitative estimate of drug-likeness (QED) is 0.0775. The smallest absolute Gasteiger partial charge is 0.294 e. The van der Waals surface area contributed by atoms with Crippen LogP contribution in [0.5, 0.6) is 0 Å². The summed E-state index contributed by atoms with van der Waals surface area (Å²) in [4.78, 5) is 43.0. The van der Waals surface area contributed by atoms with Crippen LogP contribution in [0.15, 0.2) is 102 Å². The Balaban J connectivity index is 1.20. The third kappa shape index (κ3) is 7.15. The molecule has 1 aliphatic heterocycles. The van der Waals surface area contributed by atoms with Crippen LogP contribution in [0.25, 0.3) is 11.4 Å². The zero-order valence-electron chi connectivity index (χ0n) is 25.9. The first-order valence-electron chi connectivity index (χ1n) is 15.3. The summed E-state index contributed by atoms with van der Waals surface area (Å²) in [5, 5.41) is 15.2. The van der Waals surface area contributed by atoms with E-state index in [1.165, 1.54) is 29.3 Å². The number of anilines is 1. The summed E-state index contributed by atoms with van der Waals surface area (Å²) in [7, 11) is 0. The first-order chi connectivity index (χ1) is 23.6. The molecule has 1 fully saturated rings. The molecule has 0 radical (unpaired) electrons. The second kappa shape index (κ2) is 14.0. The van der Waals surface area contributed by atoms with Gasteiger partial charge in [0.25, 0.3) is 11.5 Å². The summed E-state index contributed by atoms with van der Waals surface area (Å²) in [6, 6.07) is 18.1. The number of benzene rings is 3. The van der Waals surface area contributed by atoms with Gasteiger partial charge >= 0.3 is 0 Å². The molecule has 49 heavy (non-hydrogen) atoms. The summed E-state index contributed by atoms with van der Waals surface area (Å²) in [6.07, 6.45) is 5.07. The number of hydrogen-bond donors (Lipinski definition) is 1. The topological polar surface area (TPSA) is 101 Å². The third-order valence-electron chi connectivity index (χ3n) is 8.26. The van der Waals surface area contributed by atoms with Gasteiger partial charge in [0, 0.05) is 68.5 Å². The van der Waals surface area contributed by atoms with Crippen LogP contribution in [0.4, 0.5) is 23.2 Å². The van der Waals surface area contributed by atoms with Gasteiger partial charge in [0.05, 0.1) is 17.8 Å². The van der Waals surface area contributed by atoms with Gasteiger partial charge in [0.1, 0.15) is 11.6 Å². The third-order valence-corrected chi connectivity index (χ3v) is 8.26. The number of aliphatic hydroxyl groups is 1. The van der Waals surface area contributed by atoms with Crippen molar-refractivity contribution in [3.05, 3.63) is 153 Å². The Morgan fingerprint density at radius 1 is 0.816 bits per heavy atom. The maximum atomic E-state index is 14.5. The normalized spacial score (nSPS) is 13.5. The highest BCUT2D eigenvalue weighted by molar-refractivity contribution is 6.41. The van der Waals surface area contributed by atoms with Crippen molar-refractivity contribution in [2.45, 2.75) is 13.0 Å². The predicted octanol–water partition coefficient (Wildman–Crippen LogP) is 5.05. The van der Waals surface area contributed by atoms with Gasteiger partial charge in [-0.25, -0.2) is 22.2 Å². The van der Waals surface area contributed by atoms with Gasteiger partial charge in [-0.3, -0.25) is 14.4 Å². The second-order valence-electron chi connectivity index (χ2n) is 11.4. The fourth-order valence-corrected chi connectivity index (χ4v) is 5.65. The molecule has 9 nitrogen and oxygen atoms in total. The van der Waals surface area contributed by atoms with Crippen molar-refractivity contribution in [1.29, 1.82) is 0 Å². The number of halogens is 4. The maximum Gasteiger partial charge on any atom is 0.294 e. The molecule has 3 heterocycles. The van der Waals surface area contributed by atoms with Crippen LogP contribution in [0, 0.1) is 23.3 Å². The molecule has 0 unspecified atom stereocenters. The SMILES string of the molecule is O=C(/C=C(/O)c1cc(Cc2ccc(F)c(F)c2F)cn(Cc2ccccc2F)c1=O)C(=O)N1CCN(c2ccc(-n3cccn3)cc2)CC1. The number of aromatic nitrogens is 3. The van der Waals surface area contributed by atoms with E-state index >= 15 is 0 Å². The lowest BCUT2D eigenvalue weighted by Gasteiger charge is -2.35. The second-order valence-corrected chi connectivity index (χ2v) is 11.4. The minimum atomic E-state index is -1.67. The Hall–Kier alpha value is -5.98. The van der Waals surface area contributed by atoms with Crippen molar-refractivity contribution >= 4 is 23.1 Å². The molecule has 250 valence electrons. The molecule has 1 amide bonds. The van der Waals surface area contributed by atoms with E-state index in [1.807, 2.05) is 36.5 Å². The summed E-state index contributed by atoms with van der Waals surface area (Å²) < 4.78 is 59.3. The van der Waals surface area contributed by atoms with Gasteiger partial charge < -0.3 is 19.5 Å². The summed E-state index contributed by atoms with van der Waals surface area (Å²) in [6.45, 7) is 1.04. The molecule has 0 saturated carbocycles. The predicted molar refractivity (Wildman–Crippen MR) is 173 cm³/mol. The van der Waals surface area contributed by atoms with Gasteiger partial charge in [0.15, 0.2) is 17.5 Å². The molecular formula is C36H29F4N5O4. The Morgan fingerprint density at radius 3 is 2.22 bits per heavy atom. The number of rotatable bonds is 9. The van der Waals surface area contributed by atoms with Crippen LogP contribution in [-0.4, -0.2) is 62.2 Å². The average Bonchev–Trinajstić information content (AvgIpc) is 3.66. The Bertz CT molecular complexity index is 2110. The highest BCUT2D eigenvalue weighted by Gasteiger charge is 2.26. The van der Waals surface area contributed by atoms with E-state index < -0.39 is 51.8 Å². The molecule has 6 rings (SSSR count). The first-order valence-corrected chi connectivity index (χ1v) is 15.3. The van der Waals surface area contributed by atoms with E-state index in [0.717, 1.165) is 34.1 Å². The van der Waals surface area contributed by atoms with Crippen LogP contribution >= 0.6 is 0 Å². The molecule has 3 aromatic carbocycles. The lowest BCUT2D eigenvalue weighted by molar-refractivity contribution is -0.142. The number of carbonyl (C=O) groups is 2. The number of piperazine rings is 1. The minimum absolute atomic E-state index is 0.120. The number of carbonyl (C=O) groups excluding carboxylic acids is 2. The Kier molecular flexibility index (Phi) is 9.42. The molecule has 0 bridgehead atoms. The highest BCUT2D eigenvalue weighted by Crippen LogP contribution is 2.22. The van der Waals surface area contributed by atoms with Gasteiger partial charge in [-0.1, -0.05) is 24.3 Å². The fraction of sp³-hybridized carbons (Fsp3) is 0.167. The standard InChI is InChI=1S/C36H29F4N5O4/c37-29-5-2-1-4-25(29)22-44-21-23(18-24-6-11-30(38)34(40)33(24)39)19-28(35(44)48)31(46)20-32(47)36(49)43-16-14-42(15-17-43)26-7-9-27(10-8-26)45-13-3-12-41-45/h1-13,19-21,46H,14-18,22H2/b31-20+. The van der Waals surface area contributed by atoms with Gasteiger partial charge in [-0.15, -0.1) is 0 Å². The zero-order chi connectivity index (χ0) is 34.7. The number of aliphatic hydroxyl groups excluding tert-OH is 1. The van der Waals surface area contributed by atoms with Gasteiger partial charge in [-0.05, 0) is 59.7 Å². The summed E-state index contributed by atoms with van der Waals surface area (Å²) in [5.41, 5.74) is 0.587. The molecule has 0 aliphatic carbocycles. The molecule has 1 N–H and O–H groups in total. The van der Waals surface area contributed by atoms with Crippen molar-refractivity contribution in [3.63, 3.8) is 0 Å². The van der Waals surface area contributed by atoms with E-state index in [1.54, 1.807) is 16.9 Å². The molecule has 1 aliphatic rings. The van der Waals surface area contributed by atoms with Crippen LogP contribution < -0.4 is 10.5 Å². The average molecular weight is 672 g/mol. The number of ketones is 1. The first kappa shape index (κ1) is 32.9. The summed E-state index contributed by atoms with van der Waals surface area (Å²) in [5.74, 6) is -7.89. The van der Waals surface area contributed by atoms with Crippen molar-refractivity contribution in [1.82, 2.24) is 19.2 Å². The van der Waals surface area contributed by atoms with E-state index in [4.69, 9.17) is 0 Å². The van der Waals surface area contributed by atoms with E-state index in [9.17, 15) is 37.1 Å². The highest BCUT2D eigenvalue weighted by atomic mass is 19.2. The molecule has 5 aromatic rings. The molecule has 13 heteroatoms. The van der Waals surface area contributed by atoms with Crippen molar-refractivity contribution in [2.24, 2.45) is 0 Å². The van der Waals surface area contributed by atoms with Crippen molar-refractivity contribution < 1.29 is 32.3 Å². The largest absolute Gasteiger partial charge is 0.507 e. The molecule has 2 aromatic heterocycles. The zero-order valence-corrected chi connectivity index (χ0v) is 25.9. The van der Waals surface area contributed by atoms with Crippen molar-refractivity contribution in [2.75, 3.05) is 31.1 Å². The number of amides is 1. The number of hydrogen-bond acceptors (Lipinski definition) is 6. The lowest BCUT2D eigenvalue weighted by atomic mass is 10.0. The van der Waals surface area contributed by atoms with Crippen LogP contribution in [0.1, 0.15) is 22.3 Å². The molecule has 1 saturated heterocycles. The van der Waals surface area contributed by atoms with Crippen LogP contribution in [0.2, 0.25) is 0 Å². The maximum absolute atomic E-state index is 14.5. The van der Waals surface area contributed by atoms with E-state index in [0.29, 0.717) is 19.2 Å². The molecule has 0 spiro atoms. The van der Waals surface area contributed by atoms with Crippen LogP contribution in [0.3, 0.4) is 0 Å². The molecular weight excluding hydrogens is 642 g/mol. The lowest BCUT2D eigenvalue weighted by Crippen LogP contribution is -2.50. The number of nitrogens with zero attached hydrogens (tertiary/aromatic N) is 5. The van der Waals surface area contributed by atoms with E-state index in [-0.39, 0.29) is 42.7 Å².